The van der Waals surface area contributed by atoms with Crippen LogP contribution in [-0.4, -0.2) is 56.2 Å². The number of ether oxygens (including phenoxy) is 1. The SMILES string of the molecule is CC1CN(CCOc2cccc(Br)c2)CC1N(C)C. The van der Waals surface area contributed by atoms with Crippen molar-refractivity contribution in [1.29, 1.82) is 0 Å². The molecule has 0 amide bonds. The smallest absolute Gasteiger partial charge is 0.120 e. The van der Waals surface area contributed by atoms with E-state index in [1.54, 1.807) is 0 Å². The van der Waals surface area contributed by atoms with Gasteiger partial charge in [0.05, 0.1) is 0 Å². The van der Waals surface area contributed by atoms with Gasteiger partial charge in [0.1, 0.15) is 12.4 Å². The Bertz CT molecular complexity index is 411. The number of nitrogens with zero attached hydrogens (tertiary/aromatic N) is 2. The third-order valence-electron chi connectivity index (χ3n) is 3.78. The van der Waals surface area contributed by atoms with E-state index in [2.05, 4.69) is 46.7 Å². The molecule has 0 saturated carbocycles. The van der Waals surface area contributed by atoms with E-state index >= 15 is 0 Å². The van der Waals surface area contributed by atoms with Crippen molar-refractivity contribution in [3.05, 3.63) is 28.7 Å². The van der Waals surface area contributed by atoms with Gasteiger partial charge in [0, 0.05) is 30.1 Å². The molecule has 2 rings (SSSR count). The van der Waals surface area contributed by atoms with Crippen molar-refractivity contribution in [3.63, 3.8) is 0 Å². The molecule has 106 valence electrons. The number of rotatable bonds is 5. The molecule has 0 bridgehead atoms. The molecule has 0 aliphatic carbocycles. The lowest BCUT2D eigenvalue weighted by Crippen LogP contribution is -2.35. The van der Waals surface area contributed by atoms with Gasteiger partial charge in [-0.3, -0.25) is 4.90 Å². The Labute approximate surface area is 124 Å². The zero-order valence-corrected chi connectivity index (χ0v) is 13.6. The summed E-state index contributed by atoms with van der Waals surface area (Å²) in [4.78, 5) is 4.83. The number of benzene rings is 1. The fourth-order valence-electron chi connectivity index (χ4n) is 2.75. The lowest BCUT2D eigenvalue weighted by atomic mass is 10.1. The normalized spacial score (nSPS) is 24.1. The Balaban J connectivity index is 1.75. The Kier molecular flexibility index (Phi) is 5.25. The van der Waals surface area contributed by atoms with Crippen LogP contribution in [0.1, 0.15) is 6.92 Å². The number of hydrogen-bond donors (Lipinski definition) is 0. The topological polar surface area (TPSA) is 15.7 Å². The van der Waals surface area contributed by atoms with Crippen molar-refractivity contribution < 1.29 is 4.74 Å². The van der Waals surface area contributed by atoms with Crippen LogP contribution in [0.4, 0.5) is 0 Å². The first-order valence-electron chi connectivity index (χ1n) is 6.83. The zero-order chi connectivity index (χ0) is 13.8. The molecular weight excluding hydrogens is 304 g/mol. The minimum atomic E-state index is 0.672. The minimum absolute atomic E-state index is 0.672. The summed E-state index contributed by atoms with van der Waals surface area (Å²) < 4.78 is 6.86. The Morgan fingerprint density at radius 2 is 2.16 bits per heavy atom. The van der Waals surface area contributed by atoms with Crippen molar-refractivity contribution in [2.45, 2.75) is 13.0 Å². The number of likely N-dealkylation sites (N-methyl/N-ethyl adjacent to an activating group) is 1. The van der Waals surface area contributed by atoms with Gasteiger partial charge in [-0.05, 0) is 38.2 Å². The zero-order valence-electron chi connectivity index (χ0n) is 12.0. The Hall–Kier alpha value is -0.580. The summed E-state index contributed by atoms with van der Waals surface area (Å²) in [6.45, 7) is 6.41. The monoisotopic (exact) mass is 326 g/mol. The molecule has 2 atom stereocenters. The maximum atomic E-state index is 5.79. The predicted molar refractivity (Wildman–Crippen MR) is 82.7 cm³/mol. The first kappa shape index (κ1) is 14.8. The maximum Gasteiger partial charge on any atom is 0.120 e. The molecular formula is C15H23BrN2O. The van der Waals surface area contributed by atoms with Crippen molar-refractivity contribution >= 4 is 15.9 Å². The van der Waals surface area contributed by atoms with E-state index < -0.39 is 0 Å². The molecule has 1 aromatic carbocycles. The third kappa shape index (κ3) is 4.20. The van der Waals surface area contributed by atoms with E-state index in [9.17, 15) is 0 Å². The van der Waals surface area contributed by atoms with Crippen LogP contribution in [0.5, 0.6) is 5.75 Å². The van der Waals surface area contributed by atoms with Crippen molar-refractivity contribution in [2.75, 3.05) is 40.3 Å². The minimum Gasteiger partial charge on any atom is -0.492 e. The molecule has 1 saturated heterocycles. The van der Waals surface area contributed by atoms with E-state index in [1.165, 1.54) is 6.54 Å². The van der Waals surface area contributed by atoms with Crippen LogP contribution in [0.15, 0.2) is 28.7 Å². The average Bonchev–Trinajstić information content (AvgIpc) is 2.71. The molecule has 19 heavy (non-hydrogen) atoms. The van der Waals surface area contributed by atoms with E-state index in [-0.39, 0.29) is 0 Å². The molecule has 0 aromatic heterocycles. The highest BCUT2D eigenvalue weighted by Crippen LogP contribution is 2.20. The highest BCUT2D eigenvalue weighted by molar-refractivity contribution is 9.10. The van der Waals surface area contributed by atoms with Crippen molar-refractivity contribution in [3.8, 4) is 5.75 Å². The summed E-state index contributed by atoms with van der Waals surface area (Å²) in [5.74, 6) is 1.67. The summed E-state index contributed by atoms with van der Waals surface area (Å²) in [5, 5.41) is 0. The van der Waals surface area contributed by atoms with Gasteiger partial charge in [-0.2, -0.15) is 0 Å². The quantitative estimate of drug-likeness (QED) is 0.827. The number of hydrogen-bond acceptors (Lipinski definition) is 3. The molecule has 1 aromatic rings. The lowest BCUT2D eigenvalue weighted by Gasteiger charge is -2.22. The van der Waals surface area contributed by atoms with E-state index in [0.717, 1.165) is 35.8 Å². The molecule has 1 fully saturated rings. The van der Waals surface area contributed by atoms with Crippen LogP contribution in [0.25, 0.3) is 0 Å². The van der Waals surface area contributed by atoms with Crippen LogP contribution >= 0.6 is 15.9 Å². The van der Waals surface area contributed by atoms with Crippen LogP contribution in [0, 0.1) is 5.92 Å². The third-order valence-corrected chi connectivity index (χ3v) is 4.28. The van der Waals surface area contributed by atoms with Gasteiger partial charge < -0.3 is 9.64 Å². The second-order valence-corrected chi connectivity index (χ2v) is 6.49. The largest absolute Gasteiger partial charge is 0.492 e. The van der Waals surface area contributed by atoms with Gasteiger partial charge in [0.25, 0.3) is 0 Å². The van der Waals surface area contributed by atoms with Crippen LogP contribution in [0.3, 0.4) is 0 Å². The van der Waals surface area contributed by atoms with Gasteiger partial charge in [-0.15, -0.1) is 0 Å². The predicted octanol–water partition coefficient (Wildman–Crippen LogP) is 2.71. The first-order chi connectivity index (χ1) is 9.06. The van der Waals surface area contributed by atoms with Crippen LogP contribution < -0.4 is 4.74 Å². The fraction of sp³-hybridized carbons (Fsp3) is 0.600. The van der Waals surface area contributed by atoms with Crippen molar-refractivity contribution in [1.82, 2.24) is 9.80 Å². The van der Waals surface area contributed by atoms with Crippen LogP contribution in [0.2, 0.25) is 0 Å². The molecule has 1 aliphatic heterocycles. The van der Waals surface area contributed by atoms with E-state index in [1.807, 2.05) is 24.3 Å². The van der Waals surface area contributed by atoms with Gasteiger partial charge >= 0.3 is 0 Å². The number of halogens is 1. The molecule has 1 heterocycles. The molecule has 4 heteroatoms. The van der Waals surface area contributed by atoms with Gasteiger partial charge in [0.15, 0.2) is 0 Å². The highest BCUT2D eigenvalue weighted by Gasteiger charge is 2.30. The molecule has 0 N–H and O–H groups in total. The highest BCUT2D eigenvalue weighted by atomic mass is 79.9. The van der Waals surface area contributed by atoms with E-state index in [0.29, 0.717) is 6.04 Å². The summed E-state index contributed by atoms with van der Waals surface area (Å²) in [6, 6.07) is 8.69. The van der Waals surface area contributed by atoms with Gasteiger partial charge in [0.2, 0.25) is 0 Å². The molecule has 2 unspecified atom stereocenters. The average molecular weight is 327 g/mol. The van der Waals surface area contributed by atoms with Gasteiger partial charge in [-0.25, -0.2) is 0 Å². The first-order valence-corrected chi connectivity index (χ1v) is 7.62. The molecule has 0 spiro atoms. The number of likely N-dealkylation sites (tertiary alicyclic amines) is 1. The Morgan fingerprint density at radius 3 is 2.79 bits per heavy atom. The van der Waals surface area contributed by atoms with E-state index in [4.69, 9.17) is 4.74 Å². The molecule has 1 aliphatic rings. The Morgan fingerprint density at radius 1 is 1.37 bits per heavy atom. The van der Waals surface area contributed by atoms with Gasteiger partial charge in [-0.1, -0.05) is 28.9 Å². The summed E-state index contributed by atoms with van der Waals surface area (Å²) in [6.07, 6.45) is 0. The lowest BCUT2D eigenvalue weighted by molar-refractivity contribution is 0.220. The van der Waals surface area contributed by atoms with Crippen molar-refractivity contribution in [2.24, 2.45) is 5.92 Å². The summed E-state index contributed by atoms with van der Waals surface area (Å²) in [7, 11) is 4.34. The van der Waals surface area contributed by atoms with Crippen LogP contribution in [-0.2, 0) is 0 Å². The second kappa shape index (κ2) is 6.73. The summed E-state index contributed by atoms with van der Waals surface area (Å²) in [5.41, 5.74) is 0. The second-order valence-electron chi connectivity index (χ2n) is 5.57. The summed E-state index contributed by atoms with van der Waals surface area (Å²) >= 11 is 3.46. The molecule has 3 nitrogen and oxygen atoms in total. The molecule has 0 radical (unpaired) electrons. The standard InChI is InChI=1S/C15H23BrN2O/c1-12-10-18(11-15(12)17(2)3)7-8-19-14-6-4-5-13(16)9-14/h4-6,9,12,15H,7-8,10-11H2,1-3H3. The fourth-order valence-corrected chi connectivity index (χ4v) is 3.13. The maximum absolute atomic E-state index is 5.79.